The Labute approximate surface area is 152 Å². The summed E-state index contributed by atoms with van der Waals surface area (Å²) in [5.74, 6) is 0.785. The topological polar surface area (TPSA) is 77.2 Å². The van der Waals surface area contributed by atoms with E-state index in [0.717, 1.165) is 29.2 Å². The highest BCUT2D eigenvalue weighted by Gasteiger charge is 2.13. The van der Waals surface area contributed by atoms with Gasteiger partial charge >= 0.3 is 5.97 Å². The van der Waals surface area contributed by atoms with Gasteiger partial charge in [-0.1, -0.05) is 49.4 Å². The third-order valence-electron chi connectivity index (χ3n) is 4.26. The fraction of sp³-hybridized carbons (Fsp3) is 0.250. The Morgan fingerprint density at radius 1 is 1.08 bits per heavy atom. The maximum atomic E-state index is 11.4. The van der Waals surface area contributed by atoms with Gasteiger partial charge in [0.2, 0.25) is 0 Å². The molecular formula is C20H21N3O3. The molecule has 1 aromatic heterocycles. The number of hydrogen-bond donors (Lipinski definition) is 1. The third kappa shape index (κ3) is 3.65. The van der Waals surface area contributed by atoms with E-state index >= 15 is 0 Å². The van der Waals surface area contributed by atoms with E-state index in [4.69, 9.17) is 4.74 Å². The average Bonchev–Trinajstić information content (AvgIpc) is 3.04. The van der Waals surface area contributed by atoms with Crippen molar-refractivity contribution in [1.29, 1.82) is 0 Å². The Kier molecular flexibility index (Phi) is 5.43. The Morgan fingerprint density at radius 2 is 1.77 bits per heavy atom. The zero-order valence-corrected chi connectivity index (χ0v) is 14.8. The van der Waals surface area contributed by atoms with Crippen molar-refractivity contribution in [2.24, 2.45) is 0 Å². The van der Waals surface area contributed by atoms with Crippen LogP contribution in [-0.2, 0) is 24.3 Å². The minimum Gasteiger partial charge on any atom is -0.478 e. The molecule has 3 aromatic rings. The number of hydrogen-bond acceptors (Lipinski definition) is 4. The summed E-state index contributed by atoms with van der Waals surface area (Å²) in [6, 6.07) is 14.9. The second kappa shape index (κ2) is 7.93. The number of benzene rings is 2. The highest BCUT2D eigenvalue weighted by Crippen LogP contribution is 2.24. The number of carbonyl (C=O) groups is 1. The van der Waals surface area contributed by atoms with Gasteiger partial charge < -0.3 is 14.4 Å². The molecule has 0 aliphatic heterocycles. The first-order valence-electron chi connectivity index (χ1n) is 8.45. The molecule has 0 radical (unpaired) electrons. The van der Waals surface area contributed by atoms with Gasteiger partial charge in [0.05, 0.1) is 12.1 Å². The Morgan fingerprint density at radius 3 is 2.42 bits per heavy atom. The van der Waals surface area contributed by atoms with Gasteiger partial charge in [0.25, 0.3) is 0 Å². The smallest absolute Gasteiger partial charge is 0.336 e. The lowest BCUT2D eigenvalue weighted by atomic mass is 9.99. The number of rotatable bonds is 7. The molecule has 0 aliphatic rings. The van der Waals surface area contributed by atoms with Crippen LogP contribution in [0.25, 0.3) is 11.1 Å². The summed E-state index contributed by atoms with van der Waals surface area (Å²) in [6.45, 7) is 3.11. The summed E-state index contributed by atoms with van der Waals surface area (Å²) in [7, 11) is 1.64. The van der Waals surface area contributed by atoms with Crippen LogP contribution >= 0.6 is 0 Å². The Hall–Kier alpha value is -2.99. The fourth-order valence-corrected chi connectivity index (χ4v) is 2.95. The summed E-state index contributed by atoms with van der Waals surface area (Å²) < 4.78 is 7.26. The summed E-state index contributed by atoms with van der Waals surface area (Å²) in [6.07, 6.45) is 0.792. The summed E-state index contributed by atoms with van der Waals surface area (Å²) in [5, 5.41) is 17.8. The SMILES string of the molecule is CCc1nnc(COC)n1Cc1ccc(-c2ccccc2C(=O)O)cc1. The van der Waals surface area contributed by atoms with E-state index in [2.05, 4.69) is 14.8 Å². The number of carboxylic acid groups (broad SMARTS) is 1. The molecule has 0 saturated heterocycles. The number of aryl methyl sites for hydroxylation is 1. The van der Waals surface area contributed by atoms with Gasteiger partial charge in [0, 0.05) is 13.5 Å². The molecule has 26 heavy (non-hydrogen) atoms. The van der Waals surface area contributed by atoms with E-state index < -0.39 is 5.97 Å². The summed E-state index contributed by atoms with van der Waals surface area (Å²) in [4.78, 5) is 11.4. The van der Waals surface area contributed by atoms with Crippen LogP contribution in [0.4, 0.5) is 0 Å². The van der Waals surface area contributed by atoms with Crippen LogP contribution in [0.1, 0.15) is 34.5 Å². The van der Waals surface area contributed by atoms with Crippen molar-refractivity contribution < 1.29 is 14.6 Å². The first-order valence-corrected chi connectivity index (χ1v) is 8.45. The van der Waals surface area contributed by atoms with E-state index in [0.29, 0.717) is 24.3 Å². The molecule has 6 nitrogen and oxygen atoms in total. The van der Waals surface area contributed by atoms with Crippen molar-refractivity contribution in [2.45, 2.75) is 26.5 Å². The van der Waals surface area contributed by atoms with Crippen LogP contribution in [0.15, 0.2) is 48.5 Å². The van der Waals surface area contributed by atoms with Crippen LogP contribution < -0.4 is 0 Å². The van der Waals surface area contributed by atoms with Gasteiger partial charge in [0.1, 0.15) is 12.4 Å². The molecule has 1 heterocycles. The lowest BCUT2D eigenvalue weighted by Gasteiger charge is -2.11. The molecular weight excluding hydrogens is 330 g/mol. The van der Waals surface area contributed by atoms with Crippen LogP contribution in [0.2, 0.25) is 0 Å². The van der Waals surface area contributed by atoms with Crippen LogP contribution in [0, 0.1) is 0 Å². The molecule has 0 atom stereocenters. The summed E-state index contributed by atoms with van der Waals surface area (Å²) in [5.41, 5.74) is 2.98. The average molecular weight is 351 g/mol. The van der Waals surface area contributed by atoms with Crippen molar-refractivity contribution in [3.05, 3.63) is 71.3 Å². The highest BCUT2D eigenvalue weighted by atomic mass is 16.5. The molecule has 3 rings (SSSR count). The number of methoxy groups -OCH3 is 1. The number of ether oxygens (including phenoxy) is 1. The molecule has 0 spiro atoms. The molecule has 0 amide bonds. The maximum absolute atomic E-state index is 11.4. The molecule has 0 fully saturated rings. The normalized spacial score (nSPS) is 10.8. The first-order chi connectivity index (χ1) is 12.6. The second-order valence-electron chi connectivity index (χ2n) is 5.95. The Balaban J connectivity index is 1.88. The van der Waals surface area contributed by atoms with Crippen molar-refractivity contribution in [3.8, 4) is 11.1 Å². The minimum atomic E-state index is -0.925. The first kappa shape index (κ1) is 17.8. The summed E-state index contributed by atoms with van der Waals surface area (Å²) >= 11 is 0. The predicted octanol–water partition coefficient (Wildman–Crippen LogP) is 3.40. The lowest BCUT2D eigenvalue weighted by molar-refractivity contribution is 0.0697. The van der Waals surface area contributed by atoms with Gasteiger partial charge in [-0.3, -0.25) is 0 Å². The van der Waals surface area contributed by atoms with Crippen LogP contribution in [0.3, 0.4) is 0 Å². The van der Waals surface area contributed by atoms with Crippen LogP contribution in [-0.4, -0.2) is 33.0 Å². The van der Waals surface area contributed by atoms with E-state index in [9.17, 15) is 9.90 Å². The van der Waals surface area contributed by atoms with Gasteiger partial charge in [-0.15, -0.1) is 10.2 Å². The van der Waals surface area contributed by atoms with Crippen molar-refractivity contribution >= 4 is 5.97 Å². The largest absolute Gasteiger partial charge is 0.478 e. The number of carboxylic acids is 1. The zero-order valence-electron chi connectivity index (χ0n) is 14.8. The standard InChI is InChI=1S/C20H21N3O3/c1-3-18-21-22-19(13-26-2)23(18)12-14-8-10-15(11-9-14)16-6-4-5-7-17(16)20(24)25/h4-11H,3,12-13H2,1-2H3,(H,24,25). The van der Waals surface area contributed by atoms with Crippen LogP contribution in [0.5, 0.6) is 0 Å². The number of aromatic nitrogens is 3. The molecule has 0 unspecified atom stereocenters. The fourth-order valence-electron chi connectivity index (χ4n) is 2.95. The second-order valence-corrected chi connectivity index (χ2v) is 5.95. The van der Waals surface area contributed by atoms with Crippen molar-refractivity contribution in [1.82, 2.24) is 14.8 Å². The number of nitrogens with zero attached hydrogens (tertiary/aromatic N) is 3. The van der Waals surface area contributed by atoms with Gasteiger partial charge in [-0.05, 0) is 22.8 Å². The minimum absolute atomic E-state index is 0.301. The molecule has 0 saturated carbocycles. The predicted molar refractivity (Wildman–Crippen MR) is 98.1 cm³/mol. The number of aromatic carboxylic acids is 1. The maximum Gasteiger partial charge on any atom is 0.336 e. The van der Waals surface area contributed by atoms with Gasteiger partial charge in [-0.2, -0.15) is 0 Å². The molecule has 0 bridgehead atoms. The van der Waals surface area contributed by atoms with E-state index in [1.165, 1.54) is 0 Å². The molecule has 0 aliphatic carbocycles. The quantitative estimate of drug-likeness (QED) is 0.706. The Bertz CT molecular complexity index is 901. The monoisotopic (exact) mass is 351 g/mol. The molecule has 2 aromatic carbocycles. The molecule has 6 heteroatoms. The molecule has 1 N–H and O–H groups in total. The molecule has 134 valence electrons. The van der Waals surface area contributed by atoms with Gasteiger partial charge in [-0.25, -0.2) is 4.79 Å². The zero-order chi connectivity index (χ0) is 18.5. The highest BCUT2D eigenvalue weighted by molar-refractivity contribution is 5.95. The lowest BCUT2D eigenvalue weighted by Crippen LogP contribution is -2.09. The van der Waals surface area contributed by atoms with Crippen molar-refractivity contribution in [3.63, 3.8) is 0 Å². The van der Waals surface area contributed by atoms with E-state index in [1.807, 2.05) is 43.3 Å². The van der Waals surface area contributed by atoms with Gasteiger partial charge in [0.15, 0.2) is 5.82 Å². The third-order valence-corrected chi connectivity index (χ3v) is 4.26. The van der Waals surface area contributed by atoms with E-state index in [-0.39, 0.29) is 0 Å². The van der Waals surface area contributed by atoms with E-state index in [1.54, 1.807) is 19.2 Å². The van der Waals surface area contributed by atoms with Crippen molar-refractivity contribution in [2.75, 3.05) is 7.11 Å².